The van der Waals surface area contributed by atoms with Gasteiger partial charge in [0.1, 0.15) is 0 Å². The van der Waals surface area contributed by atoms with E-state index in [-0.39, 0.29) is 5.91 Å². The molecule has 1 aromatic carbocycles. The highest BCUT2D eigenvalue weighted by Gasteiger charge is 2.04. The van der Waals surface area contributed by atoms with Gasteiger partial charge in [-0.2, -0.15) is 0 Å². The van der Waals surface area contributed by atoms with Crippen molar-refractivity contribution in [3.8, 4) is 0 Å². The second-order valence-corrected chi connectivity index (χ2v) is 4.06. The van der Waals surface area contributed by atoms with Gasteiger partial charge in [0.25, 0.3) is 0 Å². The molecule has 16 heavy (non-hydrogen) atoms. The first-order chi connectivity index (χ1) is 7.50. The van der Waals surface area contributed by atoms with E-state index in [4.69, 9.17) is 5.73 Å². The fourth-order valence-corrected chi connectivity index (χ4v) is 1.37. The minimum Gasteiger partial charge on any atom is -0.397 e. The van der Waals surface area contributed by atoms with Crippen LogP contribution in [0.1, 0.15) is 12.0 Å². The molecule has 0 spiro atoms. The minimum absolute atomic E-state index is 0.109. The summed E-state index contributed by atoms with van der Waals surface area (Å²) in [7, 11) is 3.51. The molecule has 1 aromatic rings. The summed E-state index contributed by atoms with van der Waals surface area (Å²) in [4.78, 5) is 12.9. The van der Waals surface area contributed by atoms with Crippen molar-refractivity contribution in [2.45, 2.75) is 13.3 Å². The van der Waals surface area contributed by atoms with E-state index in [9.17, 15) is 4.79 Å². The van der Waals surface area contributed by atoms with Crippen LogP contribution in [0.4, 0.5) is 11.4 Å². The van der Waals surface area contributed by atoms with Crippen LogP contribution in [0, 0.1) is 6.92 Å². The number of benzene rings is 1. The second-order valence-electron chi connectivity index (χ2n) is 4.06. The Morgan fingerprint density at radius 3 is 2.69 bits per heavy atom. The highest BCUT2D eigenvalue weighted by Crippen LogP contribution is 2.19. The lowest BCUT2D eigenvalue weighted by atomic mass is 10.2. The summed E-state index contributed by atoms with van der Waals surface area (Å²) in [5, 5.41) is 3.15. The van der Waals surface area contributed by atoms with Crippen LogP contribution in [-0.2, 0) is 4.79 Å². The SMILES string of the molecule is Cc1ccc(NCCC(=O)N(C)C)c(N)c1. The van der Waals surface area contributed by atoms with Gasteiger partial charge in [-0.05, 0) is 24.6 Å². The molecule has 88 valence electrons. The van der Waals surface area contributed by atoms with Crippen molar-refractivity contribution in [2.75, 3.05) is 31.7 Å². The van der Waals surface area contributed by atoms with Crippen LogP contribution in [0.15, 0.2) is 18.2 Å². The van der Waals surface area contributed by atoms with Crippen LogP contribution in [0.25, 0.3) is 0 Å². The first kappa shape index (κ1) is 12.4. The van der Waals surface area contributed by atoms with Crippen molar-refractivity contribution in [1.29, 1.82) is 0 Å². The molecular formula is C12H19N3O. The summed E-state index contributed by atoms with van der Waals surface area (Å²) in [5.41, 5.74) is 8.58. The number of hydrogen-bond donors (Lipinski definition) is 2. The molecule has 0 unspecified atom stereocenters. The van der Waals surface area contributed by atoms with Crippen LogP contribution in [0.5, 0.6) is 0 Å². The monoisotopic (exact) mass is 221 g/mol. The number of nitrogen functional groups attached to an aromatic ring is 1. The fourth-order valence-electron chi connectivity index (χ4n) is 1.37. The third kappa shape index (κ3) is 3.46. The molecule has 4 nitrogen and oxygen atoms in total. The second kappa shape index (κ2) is 5.39. The highest BCUT2D eigenvalue weighted by atomic mass is 16.2. The van der Waals surface area contributed by atoms with Gasteiger partial charge in [-0.3, -0.25) is 4.79 Å². The van der Waals surface area contributed by atoms with E-state index in [1.807, 2.05) is 25.1 Å². The van der Waals surface area contributed by atoms with E-state index in [1.54, 1.807) is 19.0 Å². The van der Waals surface area contributed by atoms with Crippen LogP contribution in [-0.4, -0.2) is 31.4 Å². The number of hydrogen-bond acceptors (Lipinski definition) is 3. The summed E-state index contributed by atoms with van der Waals surface area (Å²) in [6.07, 6.45) is 0.473. The van der Waals surface area contributed by atoms with Crippen molar-refractivity contribution in [3.05, 3.63) is 23.8 Å². The molecule has 0 aliphatic rings. The van der Waals surface area contributed by atoms with Gasteiger partial charge in [-0.15, -0.1) is 0 Å². The maximum Gasteiger partial charge on any atom is 0.223 e. The molecular weight excluding hydrogens is 202 g/mol. The molecule has 1 amide bonds. The molecule has 0 bridgehead atoms. The molecule has 0 aliphatic carbocycles. The Balaban J connectivity index is 2.46. The van der Waals surface area contributed by atoms with Crippen LogP contribution < -0.4 is 11.1 Å². The zero-order chi connectivity index (χ0) is 12.1. The van der Waals surface area contributed by atoms with Crippen molar-refractivity contribution in [2.24, 2.45) is 0 Å². The molecule has 3 N–H and O–H groups in total. The highest BCUT2D eigenvalue weighted by molar-refractivity contribution is 5.76. The number of aryl methyl sites for hydroxylation is 1. The minimum atomic E-state index is 0.109. The first-order valence-electron chi connectivity index (χ1n) is 5.31. The van der Waals surface area contributed by atoms with Gasteiger partial charge < -0.3 is 16.0 Å². The average molecular weight is 221 g/mol. The maximum absolute atomic E-state index is 11.3. The number of nitrogens with one attached hydrogen (secondary N) is 1. The van der Waals surface area contributed by atoms with Crippen molar-refractivity contribution >= 4 is 17.3 Å². The van der Waals surface area contributed by atoms with Gasteiger partial charge in [0, 0.05) is 27.1 Å². The molecule has 0 saturated carbocycles. The number of nitrogens with zero attached hydrogens (tertiary/aromatic N) is 1. The summed E-state index contributed by atoms with van der Waals surface area (Å²) in [6.45, 7) is 2.60. The van der Waals surface area contributed by atoms with Crippen molar-refractivity contribution < 1.29 is 4.79 Å². The molecule has 0 aliphatic heterocycles. The summed E-state index contributed by atoms with van der Waals surface area (Å²) >= 11 is 0. The smallest absolute Gasteiger partial charge is 0.223 e. The Bertz CT molecular complexity index is 375. The number of carbonyl (C=O) groups is 1. The van der Waals surface area contributed by atoms with E-state index < -0.39 is 0 Å². The number of carbonyl (C=O) groups excluding carboxylic acids is 1. The largest absolute Gasteiger partial charge is 0.397 e. The van der Waals surface area contributed by atoms with Gasteiger partial charge in [-0.25, -0.2) is 0 Å². The molecule has 0 fully saturated rings. The quantitative estimate of drug-likeness (QED) is 0.757. The summed E-state index contributed by atoms with van der Waals surface area (Å²) < 4.78 is 0. The van der Waals surface area contributed by atoms with E-state index in [1.165, 1.54) is 0 Å². The van der Waals surface area contributed by atoms with Gasteiger partial charge in [0.05, 0.1) is 11.4 Å². The Labute approximate surface area is 96.4 Å². The van der Waals surface area contributed by atoms with Crippen LogP contribution >= 0.6 is 0 Å². The van der Waals surface area contributed by atoms with Crippen LogP contribution in [0.2, 0.25) is 0 Å². The first-order valence-corrected chi connectivity index (χ1v) is 5.31. The molecule has 0 radical (unpaired) electrons. The van der Waals surface area contributed by atoms with E-state index in [2.05, 4.69) is 5.32 Å². The zero-order valence-corrected chi connectivity index (χ0v) is 10.1. The maximum atomic E-state index is 11.3. The number of amides is 1. The van der Waals surface area contributed by atoms with Gasteiger partial charge in [-0.1, -0.05) is 6.07 Å². The predicted molar refractivity (Wildman–Crippen MR) is 67.4 cm³/mol. The Morgan fingerprint density at radius 2 is 2.12 bits per heavy atom. The topological polar surface area (TPSA) is 58.4 Å². The molecule has 0 aromatic heterocycles. The number of nitrogens with two attached hydrogens (primary N) is 1. The van der Waals surface area contributed by atoms with Crippen molar-refractivity contribution in [3.63, 3.8) is 0 Å². The van der Waals surface area contributed by atoms with Gasteiger partial charge in [0.15, 0.2) is 0 Å². The standard InChI is InChI=1S/C12H19N3O/c1-9-4-5-11(10(13)8-9)14-7-6-12(16)15(2)3/h4-5,8,14H,6-7,13H2,1-3H3. The molecule has 0 heterocycles. The Morgan fingerprint density at radius 1 is 1.44 bits per heavy atom. The predicted octanol–water partition coefficient (Wildman–Crippen LogP) is 1.47. The van der Waals surface area contributed by atoms with E-state index >= 15 is 0 Å². The van der Waals surface area contributed by atoms with Gasteiger partial charge >= 0.3 is 0 Å². The molecule has 4 heteroatoms. The number of anilines is 2. The Kier molecular flexibility index (Phi) is 4.17. The van der Waals surface area contributed by atoms with E-state index in [0.29, 0.717) is 13.0 Å². The average Bonchev–Trinajstić information content (AvgIpc) is 2.20. The fraction of sp³-hybridized carbons (Fsp3) is 0.417. The van der Waals surface area contributed by atoms with Gasteiger partial charge in [0.2, 0.25) is 5.91 Å². The number of rotatable bonds is 4. The van der Waals surface area contributed by atoms with Crippen molar-refractivity contribution in [1.82, 2.24) is 4.90 Å². The molecule has 1 rings (SSSR count). The zero-order valence-electron chi connectivity index (χ0n) is 10.1. The molecule has 0 atom stereocenters. The van der Waals surface area contributed by atoms with E-state index in [0.717, 1.165) is 16.9 Å². The lowest BCUT2D eigenvalue weighted by Crippen LogP contribution is -2.24. The van der Waals surface area contributed by atoms with Crippen LogP contribution in [0.3, 0.4) is 0 Å². The summed E-state index contributed by atoms with van der Waals surface area (Å²) in [5.74, 6) is 0.109. The molecule has 0 saturated heterocycles. The third-order valence-electron chi connectivity index (χ3n) is 2.36. The lowest BCUT2D eigenvalue weighted by molar-refractivity contribution is -0.128. The Hall–Kier alpha value is -1.71. The normalized spacial score (nSPS) is 9.94. The third-order valence-corrected chi connectivity index (χ3v) is 2.36. The summed E-state index contributed by atoms with van der Waals surface area (Å²) in [6, 6.07) is 5.84. The lowest BCUT2D eigenvalue weighted by Gasteiger charge is -2.12.